The van der Waals surface area contributed by atoms with Gasteiger partial charge in [0.05, 0.1) is 24.2 Å². The van der Waals surface area contributed by atoms with Gasteiger partial charge in [0.2, 0.25) is 0 Å². The van der Waals surface area contributed by atoms with Crippen molar-refractivity contribution >= 4 is 21.7 Å². The van der Waals surface area contributed by atoms with Gasteiger partial charge in [0.25, 0.3) is 11.6 Å². The van der Waals surface area contributed by atoms with E-state index in [4.69, 9.17) is 13.7 Å². The van der Waals surface area contributed by atoms with Gasteiger partial charge >= 0.3 is 16.3 Å². The van der Waals surface area contributed by atoms with Crippen molar-refractivity contribution in [1.82, 2.24) is 4.90 Å². The molecule has 3 aromatic rings. The van der Waals surface area contributed by atoms with Crippen LogP contribution in [0.4, 0.5) is 18.9 Å². The third kappa shape index (κ3) is 7.45. The summed E-state index contributed by atoms with van der Waals surface area (Å²) in [5.41, 5.74) is -0.773. The summed E-state index contributed by atoms with van der Waals surface area (Å²) in [6.45, 7) is 0.225. The van der Waals surface area contributed by atoms with Crippen LogP contribution in [-0.4, -0.2) is 51.5 Å². The van der Waals surface area contributed by atoms with Gasteiger partial charge in [-0.05, 0) is 48.0 Å². The Morgan fingerprint density at radius 1 is 1.00 bits per heavy atom. The largest absolute Gasteiger partial charge is 0.493 e. The van der Waals surface area contributed by atoms with Gasteiger partial charge in [-0.2, -0.15) is 21.6 Å². The molecule has 3 rings (SSSR count). The van der Waals surface area contributed by atoms with E-state index in [-0.39, 0.29) is 42.4 Å². The molecule has 39 heavy (non-hydrogen) atoms. The first kappa shape index (κ1) is 29.4. The molecule has 0 unspecified atom stereocenters. The maximum Gasteiger partial charge on any atom is 0.416 e. The van der Waals surface area contributed by atoms with E-state index in [9.17, 15) is 36.5 Å². The molecule has 0 N–H and O–H groups in total. The molecule has 0 spiro atoms. The van der Waals surface area contributed by atoms with E-state index < -0.39 is 37.6 Å². The van der Waals surface area contributed by atoms with Crippen molar-refractivity contribution in [2.24, 2.45) is 0 Å². The number of carbonyl (C=O) groups is 1. The van der Waals surface area contributed by atoms with Crippen molar-refractivity contribution in [2.45, 2.75) is 17.6 Å². The quantitative estimate of drug-likeness (QED) is 0.186. The number of nitrogens with zero attached hydrogens (tertiary/aromatic N) is 2. The minimum absolute atomic E-state index is 0.0144. The van der Waals surface area contributed by atoms with Crippen LogP contribution in [-0.2, 0) is 27.6 Å². The van der Waals surface area contributed by atoms with Crippen molar-refractivity contribution in [2.75, 3.05) is 27.4 Å². The van der Waals surface area contributed by atoms with Gasteiger partial charge in [0.1, 0.15) is 4.90 Å². The zero-order chi connectivity index (χ0) is 28.8. The number of rotatable bonds is 11. The molecule has 0 aliphatic heterocycles. The van der Waals surface area contributed by atoms with Crippen molar-refractivity contribution in [3.05, 3.63) is 93.5 Å². The first-order valence-corrected chi connectivity index (χ1v) is 12.6. The molecule has 1 amide bonds. The summed E-state index contributed by atoms with van der Waals surface area (Å²) in [5, 5.41) is 10.9. The highest BCUT2D eigenvalue weighted by Crippen LogP contribution is 2.34. The lowest BCUT2D eigenvalue weighted by Gasteiger charge is -2.23. The second kappa shape index (κ2) is 12.1. The number of amides is 1. The molecule has 0 aromatic heterocycles. The van der Waals surface area contributed by atoms with Gasteiger partial charge in [-0.15, -0.1) is 0 Å². The Kier molecular flexibility index (Phi) is 9.14. The first-order chi connectivity index (χ1) is 18.4. The number of hydrogen-bond acceptors (Lipinski definition) is 8. The molecular weight excluding hydrogens is 545 g/mol. The average Bonchev–Trinajstić information content (AvgIpc) is 2.90. The molecule has 0 bridgehead atoms. The third-order valence-corrected chi connectivity index (χ3v) is 6.66. The average molecular weight is 569 g/mol. The molecule has 208 valence electrons. The summed E-state index contributed by atoms with van der Waals surface area (Å²) in [5.74, 6) is -0.793. The minimum atomic E-state index is -4.76. The Labute approximate surface area is 221 Å². The summed E-state index contributed by atoms with van der Waals surface area (Å²) in [7, 11) is -2.01. The van der Waals surface area contributed by atoms with E-state index in [2.05, 4.69) is 0 Å². The fourth-order valence-electron chi connectivity index (χ4n) is 3.46. The van der Waals surface area contributed by atoms with Crippen molar-refractivity contribution in [1.29, 1.82) is 0 Å². The van der Waals surface area contributed by atoms with Gasteiger partial charge < -0.3 is 18.6 Å². The fraction of sp³-hybridized carbons (Fsp3) is 0.240. The molecule has 0 aliphatic rings. The summed E-state index contributed by atoms with van der Waals surface area (Å²) in [6.07, 6.45) is -4.76. The molecule has 0 heterocycles. The number of hydrogen-bond donors (Lipinski definition) is 0. The van der Waals surface area contributed by atoms with Crippen LogP contribution in [0.1, 0.15) is 21.5 Å². The molecule has 14 heteroatoms. The number of carbonyl (C=O) groups excluding carboxylic acids is 1. The topological polar surface area (TPSA) is 125 Å². The second-order valence-electron chi connectivity index (χ2n) is 8.07. The lowest BCUT2D eigenvalue weighted by atomic mass is 10.1. The molecule has 0 aliphatic carbocycles. The lowest BCUT2D eigenvalue weighted by Crippen LogP contribution is -2.33. The highest BCUT2D eigenvalue weighted by atomic mass is 32.2. The molecule has 3 aromatic carbocycles. The number of halogens is 3. The smallest absolute Gasteiger partial charge is 0.416 e. The molecule has 0 saturated heterocycles. The Bertz CT molecular complexity index is 1440. The van der Waals surface area contributed by atoms with Gasteiger partial charge in [-0.3, -0.25) is 14.9 Å². The lowest BCUT2D eigenvalue weighted by molar-refractivity contribution is -0.384. The summed E-state index contributed by atoms with van der Waals surface area (Å²) in [6, 6.07) is 12.3. The standard InChI is InChI=1S/C25H23F3N2O8S/c1-36-13-12-29(24(31)18-7-9-20(10-8-18)30(32)33)16-17-6-11-22(37-2)23(14-17)38-39(34,35)21-5-3-4-19(15-21)25(26,27)28/h3-11,14-15H,12-13,16H2,1-2H3. The van der Waals surface area contributed by atoms with Gasteiger partial charge in [-0.1, -0.05) is 12.1 Å². The van der Waals surface area contributed by atoms with Crippen LogP contribution < -0.4 is 8.92 Å². The highest BCUT2D eigenvalue weighted by molar-refractivity contribution is 7.87. The monoisotopic (exact) mass is 568 g/mol. The summed E-state index contributed by atoms with van der Waals surface area (Å²) < 4.78 is 80.2. The van der Waals surface area contributed by atoms with Crippen LogP contribution in [0.5, 0.6) is 11.5 Å². The van der Waals surface area contributed by atoms with Crippen molar-refractivity contribution in [3.63, 3.8) is 0 Å². The molecule has 0 saturated carbocycles. The number of non-ortho nitro benzene ring substituents is 1. The predicted molar refractivity (Wildman–Crippen MR) is 132 cm³/mol. The summed E-state index contributed by atoms with van der Waals surface area (Å²) in [4.78, 5) is 24.1. The minimum Gasteiger partial charge on any atom is -0.493 e. The van der Waals surface area contributed by atoms with Gasteiger partial charge in [0.15, 0.2) is 11.5 Å². The van der Waals surface area contributed by atoms with Crippen LogP contribution in [0.2, 0.25) is 0 Å². The third-order valence-electron chi connectivity index (χ3n) is 5.43. The van der Waals surface area contributed by atoms with E-state index in [0.29, 0.717) is 11.6 Å². The SMILES string of the molecule is COCCN(Cc1ccc(OC)c(OS(=O)(=O)c2cccc(C(F)(F)F)c2)c1)C(=O)c1ccc([N+](=O)[O-])cc1. The summed E-state index contributed by atoms with van der Waals surface area (Å²) >= 11 is 0. The highest BCUT2D eigenvalue weighted by Gasteiger charge is 2.32. The molecule has 10 nitrogen and oxygen atoms in total. The van der Waals surface area contributed by atoms with E-state index in [1.807, 2.05) is 0 Å². The van der Waals surface area contributed by atoms with Gasteiger partial charge in [-0.25, -0.2) is 0 Å². The number of ether oxygens (including phenoxy) is 2. The molecule has 0 atom stereocenters. The zero-order valence-electron chi connectivity index (χ0n) is 20.7. The fourth-order valence-corrected chi connectivity index (χ4v) is 4.44. The van der Waals surface area contributed by atoms with E-state index in [0.717, 1.165) is 18.2 Å². The Morgan fingerprint density at radius 3 is 2.28 bits per heavy atom. The van der Waals surface area contributed by atoms with E-state index in [1.165, 1.54) is 55.5 Å². The molecular formula is C25H23F3N2O8S. The van der Waals surface area contributed by atoms with E-state index >= 15 is 0 Å². The Balaban J connectivity index is 1.90. The zero-order valence-corrected chi connectivity index (χ0v) is 21.5. The molecule has 0 fully saturated rings. The normalized spacial score (nSPS) is 11.6. The first-order valence-electron chi connectivity index (χ1n) is 11.2. The number of nitro benzene ring substituents is 1. The predicted octanol–water partition coefficient (Wildman–Crippen LogP) is 4.68. The van der Waals surface area contributed by atoms with Crippen LogP contribution in [0.3, 0.4) is 0 Å². The maximum absolute atomic E-state index is 13.1. The second-order valence-corrected chi connectivity index (χ2v) is 9.62. The number of alkyl halides is 3. The van der Waals surface area contributed by atoms with Crippen molar-refractivity contribution in [3.8, 4) is 11.5 Å². The van der Waals surface area contributed by atoms with E-state index in [1.54, 1.807) is 6.07 Å². The Morgan fingerprint density at radius 2 is 1.69 bits per heavy atom. The Hall–Kier alpha value is -4.17. The van der Waals surface area contributed by atoms with Crippen molar-refractivity contribution < 1.29 is 45.0 Å². The van der Waals surface area contributed by atoms with Crippen LogP contribution in [0, 0.1) is 10.1 Å². The number of nitro groups is 1. The van der Waals surface area contributed by atoms with Crippen LogP contribution in [0.25, 0.3) is 0 Å². The van der Waals surface area contributed by atoms with Crippen LogP contribution in [0.15, 0.2) is 71.6 Å². The van der Waals surface area contributed by atoms with Gasteiger partial charge in [0, 0.05) is 37.9 Å². The number of methoxy groups -OCH3 is 2. The molecule has 0 radical (unpaired) electrons. The maximum atomic E-state index is 13.1. The van der Waals surface area contributed by atoms with Crippen LogP contribution >= 0.6 is 0 Å². The number of benzene rings is 3.